The Hall–Kier alpha value is -2.75. The van der Waals surface area contributed by atoms with Crippen LogP contribution in [0.2, 0.25) is 5.02 Å². The van der Waals surface area contributed by atoms with Gasteiger partial charge in [0, 0.05) is 29.2 Å². The van der Waals surface area contributed by atoms with Crippen molar-refractivity contribution in [3.63, 3.8) is 0 Å². The Balaban J connectivity index is 2.01. The summed E-state index contributed by atoms with van der Waals surface area (Å²) in [5.74, 6) is -1.74. The standard InChI is InChI=1S/C22H19ClF3NO5/c1-27-6-5-10(14(27)9-28)18-20(31)16(30)7-12-15(29)8-17(32-21(12)18)11-3-2-4-13(19(11)23)22(24,25)26/h2-4,7-8,10,14,28,30-31H,5-6,9H2,1H3/t10-,14+/m0/s1. The molecule has 1 aliphatic rings. The van der Waals surface area contributed by atoms with Crippen LogP contribution in [0, 0.1) is 0 Å². The van der Waals surface area contributed by atoms with E-state index < -0.39 is 45.6 Å². The molecule has 1 aromatic heterocycles. The number of aliphatic hydroxyl groups excluding tert-OH is 1. The summed E-state index contributed by atoms with van der Waals surface area (Å²) in [7, 11) is 1.78. The van der Waals surface area contributed by atoms with Gasteiger partial charge in [0.15, 0.2) is 16.9 Å². The second-order valence-electron chi connectivity index (χ2n) is 7.80. The van der Waals surface area contributed by atoms with Crippen LogP contribution in [0.4, 0.5) is 13.2 Å². The molecule has 0 saturated carbocycles. The first-order valence-electron chi connectivity index (χ1n) is 9.74. The van der Waals surface area contributed by atoms with Crippen molar-refractivity contribution >= 4 is 22.6 Å². The molecule has 0 spiro atoms. The predicted molar refractivity (Wildman–Crippen MR) is 112 cm³/mol. The summed E-state index contributed by atoms with van der Waals surface area (Å²) >= 11 is 6.01. The largest absolute Gasteiger partial charge is 0.504 e. The fourth-order valence-electron chi connectivity index (χ4n) is 4.32. The number of phenolic OH excluding ortho intramolecular Hbond substituents is 2. The molecule has 0 aliphatic carbocycles. The number of hydrogen-bond acceptors (Lipinski definition) is 6. The molecular formula is C22H19ClF3NO5. The molecule has 3 N–H and O–H groups in total. The second kappa shape index (κ2) is 7.99. The fourth-order valence-corrected chi connectivity index (χ4v) is 4.65. The highest BCUT2D eigenvalue weighted by Gasteiger charge is 2.37. The van der Waals surface area contributed by atoms with E-state index >= 15 is 0 Å². The van der Waals surface area contributed by atoms with Gasteiger partial charge in [-0.05, 0) is 38.2 Å². The summed E-state index contributed by atoms with van der Waals surface area (Å²) in [4.78, 5) is 14.7. The third kappa shape index (κ3) is 3.60. The molecule has 2 atom stereocenters. The van der Waals surface area contributed by atoms with E-state index in [2.05, 4.69) is 0 Å². The fraction of sp³-hybridized carbons (Fsp3) is 0.318. The van der Waals surface area contributed by atoms with Crippen molar-refractivity contribution in [2.45, 2.75) is 24.6 Å². The van der Waals surface area contributed by atoms with E-state index in [0.29, 0.717) is 13.0 Å². The van der Waals surface area contributed by atoms with E-state index in [1.807, 2.05) is 4.90 Å². The Morgan fingerprint density at radius 1 is 1.25 bits per heavy atom. The Labute approximate surface area is 185 Å². The number of aliphatic hydroxyl groups is 1. The third-order valence-electron chi connectivity index (χ3n) is 5.96. The summed E-state index contributed by atoms with van der Waals surface area (Å²) in [5.41, 5.74) is -1.80. The van der Waals surface area contributed by atoms with E-state index in [0.717, 1.165) is 24.3 Å². The zero-order valence-electron chi connectivity index (χ0n) is 16.8. The van der Waals surface area contributed by atoms with E-state index in [1.165, 1.54) is 6.07 Å². The number of halogens is 4. The van der Waals surface area contributed by atoms with Crippen LogP contribution in [-0.2, 0) is 6.18 Å². The monoisotopic (exact) mass is 469 g/mol. The molecule has 2 aromatic carbocycles. The zero-order valence-corrected chi connectivity index (χ0v) is 17.5. The van der Waals surface area contributed by atoms with Gasteiger partial charge in [0.2, 0.25) is 0 Å². The number of fused-ring (bicyclic) bond motifs is 1. The average molecular weight is 470 g/mol. The lowest BCUT2D eigenvalue weighted by Gasteiger charge is -2.24. The van der Waals surface area contributed by atoms with Gasteiger partial charge in [-0.15, -0.1) is 0 Å². The normalized spacial score (nSPS) is 19.7. The molecular weight excluding hydrogens is 451 g/mol. The van der Waals surface area contributed by atoms with Crippen LogP contribution in [0.25, 0.3) is 22.3 Å². The predicted octanol–water partition coefficient (Wildman–Crippen LogP) is 4.32. The lowest BCUT2D eigenvalue weighted by Crippen LogP contribution is -2.32. The van der Waals surface area contributed by atoms with Crippen LogP contribution in [0.1, 0.15) is 23.5 Å². The molecule has 3 aromatic rings. The number of rotatable bonds is 3. The van der Waals surface area contributed by atoms with Crippen LogP contribution in [-0.4, -0.2) is 46.5 Å². The lowest BCUT2D eigenvalue weighted by molar-refractivity contribution is -0.137. The Kier molecular flexibility index (Phi) is 5.60. The first-order chi connectivity index (χ1) is 15.0. The van der Waals surface area contributed by atoms with Gasteiger partial charge < -0.3 is 24.6 Å². The van der Waals surface area contributed by atoms with Crippen LogP contribution in [0.5, 0.6) is 11.5 Å². The van der Waals surface area contributed by atoms with E-state index in [-0.39, 0.29) is 34.5 Å². The SMILES string of the molecule is CN1CC[C@H](c2c(O)c(O)cc3c(=O)cc(-c4cccc(C(F)(F)F)c4Cl)oc23)[C@H]1CO. The molecule has 1 saturated heterocycles. The number of likely N-dealkylation sites (N-methyl/N-ethyl adjacent to an activating group) is 1. The van der Waals surface area contributed by atoms with Crippen molar-refractivity contribution in [2.75, 3.05) is 20.2 Å². The van der Waals surface area contributed by atoms with Gasteiger partial charge in [-0.25, -0.2) is 0 Å². The molecule has 0 radical (unpaired) electrons. The van der Waals surface area contributed by atoms with Gasteiger partial charge in [0.1, 0.15) is 11.3 Å². The van der Waals surface area contributed by atoms with Gasteiger partial charge in [0.25, 0.3) is 0 Å². The van der Waals surface area contributed by atoms with Crippen LogP contribution >= 0.6 is 11.6 Å². The van der Waals surface area contributed by atoms with Crippen LogP contribution in [0.15, 0.2) is 39.5 Å². The van der Waals surface area contributed by atoms with Crippen molar-refractivity contribution in [1.29, 1.82) is 0 Å². The van der Waals surface area contributed by atoms with E-state index in [4.69, 9.17) is 16.0 Å². The maximum atomic E-state index is 13.3. The first-order valence-corrected chi connectivity index (χ1v) is 10.1. The molecule has 170 valence electrons. The molecule has 0 bridgehead atoms. The maximum Gasteiger partial charge on any atom is 0.417 e. The zero-order chi connectivity index (χ0) is 23.4. The minimum Gasteiger partial charge on any atom is -0.504 e. The molecule has 1 aliphatic heterocycles. The average Bonchev–Trinajstić information content (AvgIpc) is 3.08. The third-order valence-corrected chi connectivity index (χ3v) is 6.37. The molecule has 1 fully saturated rings. The van der Waals surface area contributed by atoms with Gasteiger partial charge in [-0.3, -0.25) is 4.79 Å². The van der Waals surface area contributed by atoms with E-state index in [9.17, 15) is 33.3 Å². The van der Waals surface area contributed by atoms with Crippen LogP contribution < -0.4 is 5.43 Å². The minimum absolute atomic E-state index is 0.0478. The summed E-state index contributed by atoms with van der Waals surface area (Å²) in [5, 5.41) is 30.0. The maximum absolute atomic E-state index is 13.3. The number of aromatic hydroxyl groups is 2. The van der Waals surface area contributed by atoms with E-state index in [1.54, 1.807) is 7.05 Å². The number of nitrogens with zero attached hydrogens (tertiary/aromatic N) is 1. The highest BCUT2D eigenvalue weighted by atomic mass is 35.5. The van der Waals surface area contributed by atoms with Crippen molar-refractivity contribution in [3.8, 4) is 22.8 Å². The summed E-state index contributed by atoms with van der Waals surface area (Å²) in [6.07, 6.45) is -4.21. The minimum atomic E-state index is -4.71. The summed E-state index contributed by atoms with van der Waals surface area (Å²) < 4.78 is 45.7. The van der Waals surface area contributed by atoms with Crippen molar-refractivity contribution < 1.29 is 32.9 Å². The molecule has 0 unspecified atom stereocenters. The van der Waals surface area contributed by atoms with Gasteiger partial charge >= 0.3 is 6.18 Å². The lowest BCUT2D eigenvalue weighted by atomic mass is 9.89. The Morgan fingerprint density at radius 2 is 1.97 bits per heavy atom. The highest BCUT2D eigenvalue weighted by Crippen LogP contribution is 2.46. The first kappa shape index (κ1) is 22.4. The van der Waals surface area contributed by atoms with Crippen molar-refractivity contribution in [1.82, 2.24) is 4.90 Å². The molecule has 4 rings (SSSR count). The quantitative estimate of drug-likeness (QED) is 0.494. The number of likely N-dealkylation sites (tertiary alicyclic amines) is 1. The number of benzene rings is 2. The van der Waals surface area contributed by atoms with Crippen LogP contribution in [0.3, 0.4) is 0 Å². The summed E-state index contributed by atoms with van der Waals surface area (Å²) in [6.45, 7) is 0.330. The number of phenols is 2. The molecule has 32 heavy (non-hydrogen) atoms. The van der Waals surface area contributed by atoms with Crippen molar-refractivity contribution in [3.05, 3.63) is 56.7 Å². The van der Waals surface area contributed by atoms with Gasteiger partial charge in [0.05, 0.1) is 22.6 Å². The van der Waals surface area contributed by atoms with Gasteiger partial charge in [-0.1, -0.05) is 17.7 Å². The molecule has 6 nitrogen and oxygen atoms in total. The van der Waals surface area contributed by atoms with Crippen molar-refractivity contribution in [2.24, 2.45) is 0 Å². The Bertz CT molecular complexity index is 1260. The molecule has 2 heterocycles. The molecule has 10 heteroatoms. The second-order valence-corrected chi connectivity index (χ2v) is 8.18. The topological polar surface area (TPSA) is 94.1 Å². The number of alkyl halides is 3. The molecule has 0 amide bonds. The Morgan fingerprint density at radius 3 is 2.62 bits per heavy atom. The number of hydrogen-bond donors (Lipinski definition) is 3. The summed E-state index contributed by atoms with van der Waals surface area (Å²) in [6, 6.07) is 4.88. The van der Waals surface area contributed by atoms with Gasteiger partial charge in [-0.2, -0.15) is 13.2 Å². The smallest absolute Gasteiger partial charge is 0.417 e. The highest BCUT2D eigenvalue weighted by molar-refractivity contribution is 6.34.